The molecule has 1 aromatic carbocycles. The molecule has 0 radical (unpaired) electrons. The summed E-state index contributed by atoms with van der Waals surface area (Å²) in [5.74, 6) is -1.01. The maximum absolute atomic E-state index is 11.4. The molecule has 1 saturated heterocycles. The average molecular weight is 326 g/mol. The first-order valence-electron chi connectivity index (χ1n) is 6.55. The lowest BCUT2D eigenvalue weighted by atomic mass is 9.73. The van der Waals surface area contributed by atoms with E-state index in [4.69, 9.17) is 0 Å². The van der Waals surface area contributed by atoms with Crippen molar-refractivity contribution in [2.45, 2.75) is 27.2 Å². The van der Waals surface area contributed by atoms with Crippen molar-refractivity contribution in [3.63, 3.8) is 0 Å². The number of hydrogen-bond donors (Lipinski definition) is 1. The van der Waals surface area contributed by atoms with Crippen LogP contribution in [0.4, 0.5) is 5.69 Å². The third kappa shape index (κ3) is 2.94. The minimum absolute atomic E-state index is 0.135. The highest BCUT2D eigenvalue weighted by Crippen LogP contribution is 2.38. The number of halogens is 1. The second-order valence-corrected chi connectivity index (χ2v) is 6.86. The van der Waals surface area contributed by atoms with Crippen LogP contribution < -0.4 is 4.90 Å². The molecule has 1 aliphatic rings. The van der Waals surface area contributed by atoms with E-state index in [2.05, 4.69) is 39.0 Å². The normalized spacial score (nSPS) is 22.3. The summed E-state index contributed by atoms with van der Waals surface area (Å²) in [4.78, 5) is 13.6. The molecule has 1 aliphatic heterocycles. The monoisotopic (exact) mass is 325 g/mol. The summed E-state index contributed by atoms with van der Waals surface area (Å²) in [6.45, 7) is 7.64. The Hall–Kier alpha value is -1.03. The van der Waals surface area contributed by atoms with Gasteiger partial charge in [-0.2, -0.15) is 0 Å². The Morgan fingerprint density at radius 1 is 1.47 bits per heavy atom. The molecule has 0 spiro atoms. The maximum Gasteiger partial charge on any atom is 0.308 e. The lowest BCUT2D eigenvalue weighted by Crippen LogP contribution is -2.48. The van der Waals surface area contributed by atoms with E-state index in [1.165, 1.54) is 5.56 Å². The number of carbonyl (C=O) groups is 1. The fourth-order valence-electron chi connectivity index (χ4n) is 2.58. The van der Waals surface area contributed by atoms with E-state index in [0.29, 0.717) is 6.54 Å². The van der Waals surface area contributed by atoms with Gasteiger partial charge < -0.3 is 10.0 Å². The van der Waals surface area contributed by atoms with Gasteiger partial charge in [0, 0.05) is 23.2 Å². The molecular formula is C15H20BrNO2. The summed E-state index contributed by atoms with van der Waals surface area (Å²) < 4.78 is 1.07. The zero-order valence-corrected chi connectivity index (χ0v) is 13.2. The number of nitrogens with zero attached hydrogens (tertiary/aromatic N) is 1. The summed E-state index contributed by atoms with van der Waals surface area (Å²) in [6.07, 6.45) is 0.898. The summed E-state index contributed by atoms with van der Waals surface area (Å²) in [5, 5.41) is 9.40. The lowest BCUT2D eigenvalue weighted by molar-refractivity contribution is -0.146. The van der Waals surface area contributed by atoms with E-state index in [0.717, 1.165) is 23.1 Å². The maximum atomic E-state index is 11.4. The minimum atomic E-state index is -0.694. The molecule has 1 atom stereocenters. The molecule has 1 aromatic rings. The van der Waals surface area contributed by atoms with Gasteiger partial charge in [-0.05, 0) is 36.5 Å². The predicted octanol–water partition coefficient (Wildman–Crippen LogP) is 3.69. The fourth-order valence-corrected chi connectivity index (χ4v) is 2.95. The van der Waals surface area contributed by atoms with Crippen LogP contribution in [-0.4, -0.2) is 24.2 Å². The van der Waals surface area contributed by atoms with Gasteiger partial charge in [0.2, 0.25) is 0 Å². The number of anilines is 1. The first kappa shape index (κ1) is 14.4. The van der Waals surface area contributed by atoms with Crippen LogP contribution in [0.15, 0.2) is 22.7 Å². The van der Waals surface area contributed by atoms with Crippen molar-refractivity contribution >= 4 is 27.6 Å². The quantitative estimate of drug-likeness (QED) is 0.901. The highest BCUT2D eigenvalue weighted by atomic mass is 79.9. The Morgan fingerprint density at radius 2 is 2.16 bits per heavy atom. The van der Waals surface area contributed by atoms with Crippen LogP contribution >= 0.6 is 15.9 Å². The van der Waals surface area contributed by atoms with Gasteiger partial charge >= 0.3 is 5.97 Å². The molecule has 0 aliphatic carbocycles. The van der Waals surface area contributed by atoms with Gasteiger partial charge in [0.15, 0.2) is 0 Å². The number of aliphatic carboxylic acids is 1. The van der Waals surface area contributed by atoms with Crippen molar-refractivity contribution in [3.8, 4) is 0 Å². The molecule has 1 N–H and O–H groups in total. The van der Waals surface area contributed by atoms with Crippen LogP contribution in [0.5, 0.6) is 0 Å². The standard InChI is InChI=1S/C15H20BrNO2/c1-10-4-5-11(8-13(10)16)17-7-6-15(2,3)12(9-17)14(18)19/h4-5,8,12H,6-7,9H2,1-3H3,(H,18,19). The number of piperidine rings is 1. The Bertz CT molecular complexity index is 499. The van der Waals surface area contributed by atoms with Gasteiger partial charge in [-0.1, -0.05) is 35.8 Å². The summed E-state index contributed by atoms with van der Waals surface area (Å²) in [6, 6.07) is 6.21. The van der Waals surface area contributed by atoms with Crippen LogP contribution in [0.3, 0.4) is 0 Å². The molecule has 4 heteroatoms. The van der Waals surface area contributed by atoms with Crippen LogP contribution in [0.2, 0.25) is 0 Å². The van der Waals surface area contributed by atoms with Gasteiger partial charge in [0.05, 0.1) is 5.92 Å². The summed E-state index contributed by atoms with van der Waals surface area (Å²) in [7, 11) is 0. The third-order valence-corrected chi connectivity index (χ3v) is 5.05. The van der Waals surface area contributed by atoms with Gasteiger partial charge in [0.25, 0.3) is 0 Å². The summed E-state index contributed by atoms with van der Waals surface area (Å²) >= 11 is 3.54. The second-order valence-electron chi connectivity index (χ2n) is 6.01. The number of hydrogen-bond acceptors (Lipinski definition) is 2. The molecule has 104 valence electrons. The van der Waals surface area contributed by atoms with Crippen molar-refractivity contribution in [2.75, 3.05) is 18.0 Å². The number of rotatable bonds is 2. The number of aryl methyl sites for hydroxylation is 1. The molecule has 1 heterocycles. The van der Waals surface area contributed by atoms with Crippen molar-refractivity contribution in [3.05, 3.63) is 28.2 Å². The largest absolute Gasteiger partial charge is 0.481 e. The topological polar surface area (TPSA) is 40.5 Å². The molecule has 3 nitrogen and oxygen atoms in total. The van der Waals surface area contributed by atoms with E-state index in [-0.39, 0.29) is 11.3 Å². The van der Waals surface area contributed by atoms with Gasteiger partial charge in [-0.15, -0.1) is 0 Å². The Morgan fingerprint density at radius 3 is 2.74 bits per heavy atom. The van der Waals surface area contributed by atoms with Crippen LogP contribution in [0.25, 0.3) is 0 Å². The highest BCUT2D eigenvalue weighted by molar-refractivity contribution is 9.10. The number of benzene rings is 1. The minimum Gasteiger partial charge on any atom is -0.481 e. The van der Waals surface area contributed by atoms with Crippen molar-refractivity contribution < 1.29 is 9.90 Å². The second kappa shape index (κ2) is 5.16. The van der Waals surface area contributed by atoms with Crippen LogP contribution in [0.1, 0.15) is 25.8 Å². The average Bonchev–Trinajstić information content (AvgIpc) is 2.32. The molecule has 0 aromatic heterocycles. The SMILES string of the molecule is Cc1ccc(N2CCC(C)(C)C(C(=O)O)C2)cc1Br. The van der Waals surface area contributed by atoms with Crippen molar-refractivity contribution in [1.82, 2.24) is 0 Å². The number of carboxylic acids is 1. The molecule has 2 rings (SSSR count). The number of carboxylic acid groups (broad SMARTS) is 1. The molecular weight excluding hydrogens is 306 g/mol. The molecule has 0 saturated carbocycles. The van der Waals surface area contributed by atoms with Crippen LogP contribution in [-0.2, 0) is 4.79 Å². The Balaban J connectivity index is 2.23. The van der Waals surface area contributed by atoms with Crippen LogP contribution in [0, 0.1) is 18.3 Å². The van der Waals surface area contributed by atoms with E-state index in [1.807, 2.05) is 20.8 Å². The van der Waals surface area contributed by atoms with Gasteiger partial charge in [-0.3, -0.25) is 4.79 Å². The molecule has 1 unspecified atom stereocenters. The van der Waals surface area contributed by atoms with E-state index in [1.54, 1.807) is 0 Å². The van der Waals surface area contributed by atoms with Gasteiger partial charge in [-0.25, -0.2) is 0 Å². The van der Waals surface area contributed by atoms with Gasteiger partial charge in [0.1, 0.15) is 0 Å². The van der Waals surface area contributed by atoms with Crippen molar-refractivity contribution in [1.29, 1.82) is 0 Å². The van der Waals surface area contributed by atoms with E-state index in [9.17, 15) is 9.90 Å². The third-order valence-electron chi connectivity index (χ3n) is 4.19. The molecule has 19 heavy (non-hydrogen) atoms. The fraction of sp³-hybridized carbons (Fsp3) is 0.533. The summed E-state index contributed by atoms with van der Waals surface area (Å²) in [5.41, 5.74) is 2.15. The highest BCUT2D eigenvalue weighted by Gasteiger charge is 2.40. The smallest absolute Gasteiger partial charge is 0.308 e. The zero-order valence-electron chi connectivity index (χ0n) is 11.6. The molecule has 0 amide bonds. The molecule has 1 fully saturated rings. The Kier molecular flexibility index (Phi) is 3.90. The molecule has 0 bridgehead atoms. The first-order chi connectivity index (χ1) is 8.81. The zero-order chi connectivity index (χ0) is 14.2. The lowest BCUT2D eigenvalue weighted by Gasteiger charge is -2.42. The predicted molar refractivity (Wildman–Crippen MR) is 80.6 cm³/mol. The van der Waals surface area contributed by atoms with E-state index < -0.39 is 5.97 Å². The van der Waals surface area contributed by atoms with Crippen molar-refractivity contribution in [2.24, 2.45) is 11.3 Å². The van der Waals surface area contributed by atoms with E-state index >= 15 is 0 Å². The first-order valence-corrected chi connectivity index (χ1v) is 7.34. The Labute approximate surface area is 122 Å².